The van der Waals surface area contributed by atoms with E-state index in [1.807, 2.05) is 43.3 Å². The lowest BCUT2D eigenvalue weighted by molar-refractivity contribution is -0.131. The summed E-state index contributed by atoms with van der Waals surface area (Å²) in [5, 5.41) is 19.7. The molecule has 0 atom stereocenters. The summed E-state index contributed by atoms with van der Waals surface area (Å²) in [6.07, 6.45) is 2.35. The molecule has 1 aromatic carbocycles. The van der Waals surface area contributed by atoms with Gasteiger partial charge < -0.3 is 10.0 Å². The normalized spacial score (nSPS) is 10.8. The molecule has 19 heavy (non-hydrogen) atoms. The Morgan fingerprint density at radius 3 is 2.58 bits per heavy atom. The molecular formula is C12H13N5O2. The lowest BCUT2D eigenvalue weighted by Gasteiger charge is -2.12. The topological polar surface area (TPSA) is 84.1 Å². The highest BCUT2D eigenvalue weighted by molar-refractivity contribution is 5.84. The Balaban J connectivity index is 2.32. The second-order valence-corrected chi connectivity index (χ2v) is 4.03. The first-order valence-electron chi connectivity index (χ1n) is 5.55. The summed E-state index contributed by atoms with van der Waals surface area (Å²) in [6.45, 7) is 0. The number of carboxylic acid groups (broad SMARTS) is 1. The standard InChI is InChI=1S/C12H13N5O2/c1-16(2)9-3-5-10(6-4-9)17-11(13-14-15-17)7-8-12(18)19/h3-8H,1-2H3,(H,18,19)/b8-7+. The lowest BCUT2D eigenvalue weighted by atomic mass is 10.2. The Morgan fingerprint density at radius 2 is 2.00 bits per heavy atom. The van der Waals surface area contributed by atoms with E-state index in [1.54, 1.807) is 0 Å². The van der Waals surface area contributed by atoms with Crippen LogP contribution in [-0.4, -0.2) is 45.4 Å². The van der Waals surface area contributed by atoms with Crippen molar-refractivity contribution in [3.63, 3.8) is 0 Å². The van der Waals surface area contributed by atoms with Gasteiger partial charge in [-0.25, -0.2) is 4.79 Å². The van der Waals surface area contributed by atoms with Gasteiger partial charge >= 0.3 is 5.97 Å². The van der Waals surface area contributed by atoms with E-state index < -0.39 is 5.97 Å². The van der Waals surface area contributed by atoms with Gasteiger partial charge in [0.25, 0.3) is 0 Å². The number of anilines is 1. The van der Waals surface area contributed by atoms with Crippen molar-refractivity contribution >= 4 is 17.7 Å². The van der Waals surface area contributed by atoms with Crippen molar-refractivity contribution in [3.8, 4) is 5.69 Å². The third-order valence-electron chi connectivity index (χ3n) is 2.48. The van der Waals surface area contributed by atoms with Crippen LogP contribution in [0, 0.1) is 0 Å². The summed E-state index contributed by atoms with van der Waals surface area (Å²) in [4.78, 5) is 12.5. The van der Waals surface area contributed by atoms with Gasteiger partial charge in [-0.3, -0.25) is 0 Å². The highest BCUT2D eigenvalue weighted by Crippen LogP contribution is 2.15. The average Bonchev–Trinajstić information content (AvgIpc) is 2.84. The van der Waals surface area contributed by atoms with Crippen LogP contribution in [0.4, 0.5) is 5.69 Å². The van der Waals surface area contributed by atoms with Crippen LogP contribution >= 0.6 is 0 Å². The van der Waals surface area contributed by atoms with Gasteiger partial charge in [0.2, 0.25) is 0 Å². The van der Waals surface area contributed by atoms with Gasteiger partial charge in [-0.2, -0.15) is 4.68 Å². The van der Waals surface area contributed by atoms with E-state index in [0.717, 1.165) is 17.5 Å². The number of rotatable bonds is 4. The number of benzene rings is 1. The molecule has 0 fully saturated rings. The van der Waals surface area contributed by atoms with E-state index in [-0.39, 0.29) is 0 Å². The Bertz CT molecular complexity index is 601. The van der Waals surface area contributed by atoms with Crippen LogP contribution in [0.2, 0.25) is 0 Å². The molecule has 0 aliphatic heterocycles. The molecule has 7 heteroatoms. The van der Waals surface area contributed by atoms with Gasteiger partial charge in [0, 0.05) is 25.9 Å². The highest BCUT2D eigenvalue weighted by atomic mass is 16.4. The number of tetrazole rings is 1. The maximum absolute atomic E-state index is 10.5. The van der Waals surface area contributed by atoms with Crippen molar-refractivity contribution in [2.24, 2.45) is 0 Å². The van der Waals surface area contributed by atoms with Gasteiger partial charge in [0.1, 0.15) is 0 Å². The number of nitrogens with zero attached hydrogens (tertiary/aromatic N) is 5. The molecule has 1 heterocycles. The van der Waals surface area contributed by atoms with Crippen LogP contribution in [0.15, 0.2) is 30.3 Å². The van der Waals surface area contributed by atoms with Gasteiger partial charge in [-0.1, -0.05) is 0 Å². The molecule has 0 spiro atoms. The number of hydrogen-bond acceptors (Lipinski definition) is 5. The van der Waals surface area contributed by atoms with Crippen LogP contribution in [0.3, 0.4) is 0 Å². The largest absolute Gasteiger partial charge is 0.478 e. The van der Waals surface area contributed by atoms with E-state index in [1.165, 1.54) is 10.8 Å². The second kappa shape index (κ2) is 5.30. The van der Waals surface area contributed by atoms with Gasteiger partial charge in [0.15, 0.2) is 5.82 Å². The molecule has 2 aromatic rings. The minimum absolute atomic E-state index is 0.361. The molecule has 98 valence electrons. The maximum atomic E-state index is 10.5. The summed E-state index contributed by atoms with van der Waals surface area (Å²) < 4.78 is 1.47. The average molecular weight is 259 g/mol. The molecule has 1 N–H and O–H groups in total. The van der Waals surface area contributed by atoms with Crippen molar-refractivity contribution in [2.45, 2.75) is 0 Å². The molecule has 0 bridgehead atoms. The number of carbonyl (C=O) groups is 1. The zero-order valence-corrected chi connectivity index (χ0v) is 10.6. The van der Waals surface area contributed by atoms with Crippen LogP contribution in [0.1, 0.15) is 5.82 Å². The predicted octanol–water partition coefficient (Wildman–Crippen LogP) is 0.826. The van der Waals surface area contributed by atoms with Crippen LogP contribution in [0.5, 0.6) is 0 Å². The molecule has 0 aliphatic rings. The summed E-state index contributed by atoms with van der Waals surface area (Å²) in [7, 11) is 3.90. The first kappa shape index (κ1) is 12.7. The first-order chi connectivity index (χ1) is 9.08. The fourth-order valence-corrected chi connectivity index (χ4v) is 1.52. The summed E-state index contributed by atoms with van der Waals surface area (Å²) in [6, 6.07) is 7.59. The molecule has 0 amide bonds. The van der Waals surface area contributed by atoms with Crippen LogP contribution < -0.4 is 4.90 Å². The van der Waals surface area contributed by atoms with Crippen molar-refractivity contribution < 1.29 is 9.90 Å². The van der Waals surface area contributed by atoms with Crippen LogP contribution in [0.25, 0.3) is 11.8 Å². The Kier molecular flexibility index (Phi) is 3.56. The van der Waals surface area contributed by atoms with Crippen LogP contribution in [-0.2, 0) is 4.79 Å². The Morgan fingerprint density at radius 1 is 1.32 bits per heavy atom. The van der Waals surface area contributed by atoms with Gasteiger partial charge in [-0.15, -0.1) is 5.10 Å². The van der Waals surface area contributed by atoms with Crippen molar-refractivity contribution in [2.75, 3.05) is 19.0 Å². The third kappa shape index (κ3) is 2.95. The number of carboxylic acids is 1. The summed E-state index contributed by atoms with van der Waals surface area (Å²) in [5.74, 6) is -0.683. The van der Waals surface area contributed by atoms with E-state index in [4.69, 9.17) is 5.11 Å². The molecule has 1 aromatic heterocycles. The first-order valence-corrected chi connectivity index (χ1v) is 5.55. The third-order valence-corrected chi connectivity index (χ3v) is 2.48. The SMILES string of the molecule is CN(C)c1ccc(-n2nnnc2/C=C/C(=O)O)cc1. The summed E-state index contributed by atoms with van der Waals surface area (Å²) >= 11 is 0. The highest BCUT2D eigenvalue weighted by Gasteiger charge is 2.06. The quantitative estimate of drug-likeness (QED) is 0.818. The summed E-state index contributed by atoms with van der Waals surface area (Å²) in [5.41, 5.74) is 1.82. The molecule has 0 saturated heterocycles. The fourth-order valence-electron chi connectivity index (χ4n) is 1.52. The molecular weight excluding hydrogens is 246 g/mol. The Labute approximate surface area is 109 Å². The van der Waals surface area contributed by atoms with E-state index in [9.17, 15) is 4.79 Å². The van der Waals surface area contributed by atoms with Gasteiger partial charge in [-0.05, 0) is 40.8 Å². The number of hydrogen-bond donors (Lipinski definition) is 1. The van der Waals surface area contributed by atoms with Crippen molar-refractivity contribution in [3.05, 3.63) is 36.2 Å². The number of aliphatic carboxylic acids is 1. The Hall–Kier alpha value is -2.70. The molecule has 0 aliphatic carbocycles. The second-order valence-electron chi connectivity index (χ2n) is 4.03. The van der Waals surface area contributed by atoms with E-state index >= 15 is 0 Å². The molecule has 0 radical (unpaired) electrons. The fraction of sp³-hybridized carbons (Fsp3) is 0.167. The zero-order chi connectivity index (χ0) is 13.8. The molecule has 2 rings (SSSR count). The smallest absolute Gasteiger partial charge is 0.328 e. The minimum Gasteiger partial charge on any atom is -0.478 e. The van der Waals surface area contributed by atoms with E-state index in [2.05, 4.69) is 15.5 Å². The molecule has 7 nitrogen and oxygen atoms in total. The lowest BCUT2D eigenvalue weighted by Crippen LogP contribution is -2.08. The maximum Gasteiger partial charge on any atom is 0.328 e. The minimum atomic E-state index is -1.04. The molecule has 0 unspecified atom stereocenters. The predicted molar refractivity (Wildman–Crippen MR) is 70.2 cm³/mol. The number of aromatic nitrogens is 4. The van der Waals surface area contributed by atoms with Gasteiger partial charge in [0.05, 0.1) is 5.69 Å². The van der Waals surface area contributed by atoms with Crippen molar-refractivity contribution in [1.29, 1.82) is 0 Å². The zero-order valence-electron chi connectivity index (χ0n) is 10.6. The van der Waals surface area contributed by atoms with E-state index in [0.29, 0.717) is 5.82 Å². The molecule has 0 saturated carbocycles. The van der Waals surface area contributed by atoms with Crippen molar-refractivity contribution in [1.82, 2.24) is 20.2 Å². The monoisotopic (exact) mass is 259 g/mol.